The van der Waals surface area contributed by atoms with E-state index in [0.717, 1.165) is 43.3 Å². The van der Waals surface area contributed by atoms with Crippen LogP contribution in [0.2, 0.25) is 0 Å². The van der Waals surface area contributed by atoms with Gasteiger partial charge in [-0.15, -0.1) is 0 Å². The summed E-state index contributed by atoms with van der Waals surface area (Å²) in [5.74, 6) is 2.27. The number of rotatable bonds is 8. The van der Waals surface area contributed by atoms with Gasteiger partial charge in [0.25, 0.3) is 0 Å². The molecule has 2 aromatic carbocycles. The van der Waals surface area contributed by atoms with Gasteiger partial charge in [0.15, 0.2) is 0 Å². The average molecular weight is 390 g/mol. The van der Waals surface area contributed by atoms with Gasteiger partial charge < -0.3 is 20.3 Å². The Morgan fingerprint density at radius 2 is 1.86 bits per heavy atom. The van der Waals surface area contributed by atoms with Gasteiger partial charge in [0.2, 0.25) is 5.95 Å². The highest BCUT2D eigenvalue weighted by Crippen LogP contribution is 2.23. The Morgan fingerprint density at radius 3 is 2.66 bits per heavy atom. The monoisotopic (exact) mass is 389 g/mol. The summed E-state index contributed by atoms with van der Waals surface area (Å²) in [5, 5.41) is 6.65. The minimum absolute atomic E-state index is 0.617. The van der Waals surface area contributed by atoms with E-state index in [4.69, 9.17) is 4.74 Å². The van der Waals surface area contributed by atoms with Gasteiger partial charge in [0.1, 0.15) is 11.6 Å². The second-order valence-electron chi connectivity index (χ2n) is 7.16. The van der Waals surface area contributed by atoms with Crippen molar-refractivity contribution in [2.24, 2.45) is 0 Å². The number of nitrogens with zero attached hydrogens (tertiary/aromatic N) is 3. The molecule has 29 heavy (non-hydrogen) atoms. The number of hydrogen-bond donors (Lipinski definition) is 2. The molecule has 6 heteroatoms. The molecule has 1 aliphatic rings. The number of anilines is 4. The van der Waals surface area contributed by atoms with Crippen molar-refractivity contribution in [3.8, 4) is 5.75 Å². The lowest BCUT2D eigenvalue weighted by atomic mass is 10.1. The Bertz CT molecular complexity index is 923. The number of ether oxygens (including phenoxy) is 1. The molecule has 1 aromatic heterocycles. The van der Waals surface area contributed by atoms with Crippen LogP contribution < -0.4 is 20.3 Å². The Hall–Kier alpha value is -3.28. The van der Waals surface area contributed by atoms with Gasteiger partial charge >= 0.3 is 0 Å². The first-order valence-electron chi connectivity index (χ1n) is 10.1. The predicted octanol–water partition coefficient (Wildman–Crippen LogP) is 4.48. The number of nitrogens with one attached hydrogen (secondary N) is 2. The van der Waals surface area contributed by atoms with Crippen LogP contribution in [-0.4, -0.2) is 36.7 Å². The van der Waals surface area contributed by atoms with E-state index in [1.807, 2.05) is 24.3 Å². The normalized spacial score (nSPS) is 13.3. The molecule has 0 radical (unpaired) electrons. The zero-order valence-corrected chi connectivity index (χ0v) is 16.8. The number of aromatic nitrogens is 2. The fourth-order valence-corrected chi connectivity index (χ4v) is 3.54. The Kier molecular flexibility index (Phi) is 6.10. The molecule has 1 saturated heterocycles. The van der Waals surface area contributed by atoms with Gasteiger partial charge in [-0.2, -0.15) is 4.98 Å². The largest absolute Gasteiger partial charge is 0.497 e. The molecule has 0 saturated carbocycles. The molecule has 4 rings (SSSR count). The highest BCUT2D eigenvalue weighted by Gasteiger charge is 2.11. The summed E-state index contributed by atoms with van der Waals surface area (Å²) < 4.78 is 5.27. The lowest BCUT2D eigenvalue weighted by Crippen LogP contribution is -2.17. The summed E-state index contributed by atoms with van der Waals surface area (Å²) in [6.45, 7) is 3.06. The number of methoxy groups -OCH3 is 1. The van der Waals surface area contributed by atoms with Crippen LogP contribution in [0.5, 0.6) is 5.75 Å². The molecule has 0 unspecified atom stereocenters. The lowest BCUT2D eigenvalue weighted by Gasteiger charge is -2.18. The zero-order chi connectivity index (χ0) is 19.9. The summed E-state index contributed by atoms with van der Waals surface area (Å²) in [5.41, 5.74) is 3.52. The molecule has 3 aromatic rings. The minimum atomic E-state index is 0.617. The second-order valence-corrected chi connectivity index (χ2v) is 7.16. The third-order valence-electron chi connectivity index (χ3n) is 5.10. The third kappa shape index (κ3) is 5.16. The molecule has 6 nitrogen and oxygen atoms in total. The molecule has 2 heterocycles. The average Bonchev–Trinajstić information content (AvgIpc) is 3.30. The summed E-state index contributed by atoms with van der Waals surface area (Å²) in [4.78, 5) is 11.3. The Balaban J connectivity index is 1.32. The van der Waals surface area contributed by atoms with Crippen molar-refractivity contribution in [1.29, 1.82) is 0 Å². The molecule has 1 fully saturated rings. The van der Waals surface area contributed by atoms with Crippen molar-refractivity contribution in [2.45, 2.75) is 19.3 Å². The van der Waals surface area contributed by atoms with Crippen molar-refractivity contribution in [2.75, 3.05) is 42.3 Å². The molecule has 1 aliphatic heterocycles. The molecule has 2 N–H and O–H groups in total. The summed E-state index contributed by atoms with van der Waals surface area (Å²) in [6, 6.07) is 18.5. The van der Waals surface area contributed by atoms with E-state index >= 15 is 0 Å². The van der Waals surface area contributed by atoms with Gasteiger partial charge in [-0.05, 0) is 67.3 Å². The van der Waals surface area contributed by atoms with Crippen LogP contribution in [0, 0.1) is 0 Å². The zero-order valence-electron chi connectivity index (χ0n) is 16.8. The molecular weight excluding hydrogens is 362 g/mol. The molecule has 0 amide bonds. The predicted molar refractivity (Wildman–Crippen MR) is 118 cm³/mol. The molecule has 0 spiro atoms. The fraction of sp³-hybridized carbons (Fsp3) is 0.304. The standard InChI is InChI=1S/C23H27N5O/c1-29-21-6-4-5-18(17-21)11-13-24-23-25-14-12-22(27-23)26-19-7-9-20(10-8-19)28-15-2-3-16-28/h4-10,12,14,17H,2-3,11,13,15-16H2,1H3,(H2,24,25,26,27). The first-order valence-corrected chi connectivity index (χ1v) is 10.1. The first kappa shape index (κ1) is 19.1. The summed E-state index contributed by atoms with van der Waals surface area (Å²) in [6.07, 6.45) is 5.21. The second kappa shape index (κ2) is 9.28. The van der Waals surface area contributed by atoms with Crippen molar-refractivity contribution >= 4 is 23.1 Å². The SMILES string of the molecule is COc1cccc(CCNc2nccc(Nc3ccc(N4CCCC4)cc3)n2)c1. The van der Waals surface area contributed by atoms with Crippen LogP contribution in [0.15, 0.2) is 60.8 Å². The maximum atomic E-state index is 5.27. The Labute approximate surface area is 172 Å². The highest BCUT2D eigenvalue weighted by atomic mass is 16.5. The maximum absolute atomic E-state index is 5.27. The number of hydrogen-bond acceptors (Lipinski definition) is 6. The van der Waals surface area contributed by atoms with E-state index in [1.165, 1.54) is 24.1 Å². The van der Waals surface area contributed by atoms with Crippen LogP contribution >= 0.6 is 0 Å². The molecule has 0 bridgehead atoms. The van der Waals surface area contributed by atoms with Crippen molar-refractivity contribution < 1.29 is 4.74 Å². The lowest BCUT2D eigenvalue weighted by molar-refractivity contribution is 0.414. The van der Waals surface area contributed by atoms with Crippen LogP contribution in [0.4, 0.5) is 23.1 Å². The van der Waals surface area contributed by atoms with Crippen molar-refractivity contribution in [3.05, 3.63) is 66.4 Å². The smallest absolute Gasteiger partial charge is 0.224 e. The molecular formula is C23H27N5O. The van der Waals surface area contributed by atoms with Crippen LogP contribution in [0.25, 0.3) is 0 Å². The van der Waals surface area contributed by atoms with E-state index in [1.54, 1.807) is 13.3 Å². The molecule has 150 valence electrons. The van der Waals surface area contributed by atoms with Crippen molar-refractivity contribution in [1.82, 2.24) is 9.97 Å². The fourth-order valence-electron chi connectivity index (χ4n) is 3.54. The van der Waals surface area contributed by atoms with Gasteiger partial charge in [0, 0.05) is 37.2 Å². The van der Waals surface area contributed by atoms with Crippen LogP contribution in [0.1, 0.15) is 18.4 Å². The first-order chi connectivity index (χ1) is 14.3. The summed E-state index contributed by atoms with van der Waals surface area (Å²) in [7, 11) is 1.68. The third-order valence-corrected chi connectivity index (χ3v) is 5.10. The van der Waals surface area contributed by atoms with E-state index in [-0.39, 0.29) is 0 Å². The van der Waals surface area contributed by atoms with Crippen LogP contribution in [-0.2, 0) is 6.42 Å². The maximum Gasteiger partial charge on any atom is 0.224 e. The number of benzene rings is 2. The van der Waals surface area contributed by atoms with Gasteiger partial charge in [0.05, 0.1) is 7.11 Å². The minimum Gasteiger partial charge on any atom is -0.497 e. The molecule has 0 aliphatic carbocycles. The topological polar surface area (TPSA) is 62.3 Å². The quantitative estimate of drug-likeness (QED) is 0.592. The van der Waals surface area contributed by atoms with E-state index in [9.17, 15) is 0 Å². The van der Waals surface area contributed by atoms with E-state index in [2.05, 4.69) is 55.8 Å². The van der Waals surface area contributed by atoms with E-state index < -0.39 is 0 Å². The Morgan fingerprint density at radius 1 is 1.03 bits per heavy atom. The van der Waals surface area contributed by atoms with E-state index in [0.29, 0.717) is 5.95 Å². The summed E-state index contributed by atoms with van der Waals surface area (Å²) >= 11 is 0. The van der Waals surface area contributed by atoms with Crippen LogP contribution in [0.3, 0.4) is 0 Å². The highest BCUT2D eigenvalue weighted by molar-refractivity contribution is 5.61. The molecule has 0 atom stereocenters. The van der Waals surface area contributed by atoms with Crippen molar-refractivity contribution in [3.63, 3.8) is 0 Å². The van der Waals surface area contributed by atoms with Gasteiger partial charge in [-0.3, -0.25) is 0 Å². The van der Waals surface area contributed by atoms with Gasteiger partial charge in [-0.1, -0.05) is 12.1 Å². The van der Waals surface area contributed by atoms with Gasteiger partial charge in [-0.25, -0.2) is 4.98 Å².